The number of hydrogen-bond donors (Lipinski definition) is 9. The van der Waals surface area contributed by atoms with Crippen molar-refractivity contribution in [3.8, 4) is 28.6 Å². The number of benzene rings is 2. The molecule has 1 aromatic heterocycles. The molecule has 2 saturated heterocycles. The summed E-state index contributed by atoms with van der Waals surface area (Å²) in [4.78, 5) is 13.3. The molecule has 2 aliphatic rings. The highest BCUT2D eigenvalue weighted by Gasteiger charge is 2.47. The van der Waals surface area contributed by atoms with Crippen LogP contribution in [0, 0.1) is 0 Å². The van der Waals surface area contributed by atoms with E-state index in [2.05, 4.69) is 0 Å². The first-order chi connectivity index (χ1) is 20.0. The monoisotopic (exact) mass is 594 g/mol. The number of aliphatic hydroxyl groups excluding tert-OH is 8. The number of fused-ring (bicyclic) bond motifs is 1. The molecule has 3 heterocycles. The molecule has 0 amide bonds. The average molecular weight is 595 g/mol. The first kappa shape index (κ1) is 30.1. The van der Waals surface area contributed by atoms with Crippen LogP contribution in [-0.2, 0) is 9.47 Å². The molecule has 3 aromatic rings. The summed E-state index contributed by atoms with van der Waals surface area (Å²) in [6, 6.07) is 10.7. The molecular formula is C27H30O15. The summed E-state index contributed by atoms with van der Waals surface area (Å²) in [5, 5.41) is 91.3. The van der Waals surface area contributed by atoms with Crippen LogP contribution in [0.3, 0.4) is 0 Å². The Morgan fingerprint density at radius 2 is 1.26 bits per heavy atom. The highest BCUT2D eigenvalue weighted by atomic mass is 16.7. The quantitative estimate of drug-likeness (QED) is 0.137. The SMILES string of the molecule is O=c1cc(-c2ccccc2)oc2cc(OC3OC(CO)C(O)C(O)C3O)c(O)c(OC3OC(CO)C(O)C(O)C3O)c12. The molecule has 9 N–H and O–H groups in total. The molecular weight excluding hydrogens is 564 g/mol. The van der Waals surface area contributed by atoms with E-state index in [1.807, 2.05) is 0 Å². The lowest BCUT2D eigenvalue weighted by atomic mass is 9.99. The maximum Gasteiger partial charge on any atom is 0.229 e. The molecule has 10 unspecified atom stereocenters. The number of phenols is 1. The van der Waals surface area contributed by atoms with E-state index in [9.17, 15) is 50.8 Å². The van der Waals surface area contributed by atoms with E-state index in [0.717, 1.165) is 12.1 Å². The number of ether oxygens (including phenoxy) is 4. The normalized spacial score (nSPS) is 33.4. The predicted octanol–water partition coefficient (Wildman–Crippen LogP) is -2.48. The second kappa shape index (κ2) is 12.1. The zero-order chi connectivity index (χ0) is 30.3. The van der Waals surface area contributed by atoms with Gasteiger partial charge in [-0.05, 0) is 0 Å². The summed E-state index contributed by atoms with van der Waals surface area (Å²) in [6.07, 6.45) is -17.1. The van der Waals surface area contributed by atoms with Gasteiger partial charge >= 0.3 is 0 Å². The molecule has 2 fully saturated rings. The zero-order valence-corrected chi connectivity index (χ0v) is 21.7. The van der Waals surface area contributed by atoms with Crippen LogP contribution < -0.4 is 14.9 Å². The van der Waals surface area contributed by atoms with Gasteiger partial charge in [0, 0.05) is 17.7 Å². The topological polar surface area (TPSA) is 249 Å². The van der Waals surface area contributed by atoms with Gasteiger partial charge in [-0.1, -0.05) is 30.3 Å². The number of rotatable bonds is 7. The number of aliphatic hydroxyl groups is 8. The van der Waals surface area contributed by atoms with Gasteiger partial charge in [-0.25, -0.2) is 0 Å². The zero-order valence-electron chi connectivity index (χ0n) is 21.7. The summed E-state index contributed by atoms with van der Waals surface area (Å²) < 4.78 is 27.9. The predicted molar refractivity (Wildman–Crippen MR) is 138 cm³/mol. The minimum atomic E-state index is -1.91. The Hall–Kier alpha value is -3.35. The molecule has 5 rings (SSSR count). The van der Waals surface area contributed by atoms with Gasteiger partial charge in [0.15, 0.2) is 16.9 Å². The third-order valence-electron chi connectivity index (χ3n) is 7.14. The molecule has 2 aliphatic heterocycles. The van der Waals surface area contributed by atoms with Crippen molar-refractivity contribution < 1.29 is 69.3 Å². The van der Waals surface area contributed by atoms with E-state index < -0.39 is 97.3 Å². The fourth-order valence-electron chi connectivity index (χ4n) is 4.77. The van der Waals surface area contributed by atoms with Crippen LogP contribution in [0.4, 0.5) is 0 Å². The average Bonchev–Trinajstić information content (AvgIpc) is 2.99. The van der Waals surface area contributed by atoms with Gasteiger partial charge in [0.2, 0.25) is 18.3 Å². The highest BCUT2D eigenvalue weighted by Crippen LogP contribution is 2.44. The van der Waals surface area contributed by atoms with Gasteiger partial charge in [0.1, 0.15) is 65.6 Å². The first-order valence-corrected chi connectivity index (χ1v) is 12.9. The molecule has 0 spiro atoms. The fraction of sp³-hybridized carbons (Fsp3) is 0.444. The summed E-state index contributed by atoms with van der Waals surface area (Å²) >= 11 is 0. The van der Waals surface area contributed by atoms with Crippen molar-refractivity contribution >= 4 is 11.0 Å². The van der Waals surface area contributed by atoms with E-state index in [-0.39, 0.29) is 16.7 Å². The molecule has 0 radical (unpaired) electrons. The Bertz CT molecular complexity index is 1440. The van der Waals surface area contributed by atoms with E-state index >= 15 is 0 Å². The molecule has 15 nitrogen and oxygen atoms in total. The van der Waals surface area contributed by atoms with Crippen molar-refractivity contribution in [2.24, 2.45) is 0 Å². The largest absolute Gasteiger partial charge is 0.502 e. The molecule has 42 heavy (non-hydrogen) atoms. The number of aromatic hydroxyl groups is 1. The van der Waals surface area contributed by atoms with Gasteiger partial charge < -0.3 is 69.3 Å². The summed E-state index contributed by atoms with van der Waals surface area (Å²) in [5.41, 5.74) is -0.430. The van der Waals surface area contributed by atoms with Crippen LogP contribution in [0.15, 0.2) is 51.7 Å². The fourth-order valence-corrected chi connectivity index (χ4v) is 4.77. The van der Waals surface area contributed by atoms with Crippen LogP contribution in [0.2, 0.25) is 0 Å². The Labute approximate surface area is 236 Å². The lowest BCUT2D eigenvalue weighted by Crippen LogP contribution is -2.60. The molecule has 228 valence electrons. The van der Waals surface area contributed by atoms with Crippen LogP contribution >= 0.6 is 0 Å². The lowest BCUT2D eigenvalue weighted by molar-refractivity contribution is -0.278. The van der Waals surface area contributed by atoms with Crippen molar-refractivity contribution in [1.82, 2.24) is 0 Å². The standard InChI is InChI=1S/C27H30O15/c28-8-15-18(31)21(34)23(36)26(40-15)39-14-7-13-17(11(30)6-12(38-13)10-4-2-1-3-5-10)25(20(14)33)42-27-24(37)22(35)19(32)16(9-29)41-27/h1-7,15-16,18-19,21-24,26-29,31-37H,8-9H2. The van der Waals surface area contributed by atoms with Gasteiger partial charge in [0.25, 0.3) is 0 Å². The second-order valence-electron chi connectivity index (χ2n) is 9.90. The van der Waals surface area contributed by atoms with E-state index in [0.29, 0.717) is 5.56 Å². The highest BCUT2D eigenvalue weighted by molar-refractivity contribution is 5.90. The van der Waals surface area contributed by atoms with Crippen LogP contribution in [-0.4, -0.2) is 121 Å². The van der Waals surface area contributed by atoms with Crippen molar-refractivity contribution in [1.29, 1.82) is 0 Å². The molecule has 10 atom stereocenters. The van der Waals surface area contributed by atoms with Crippen molar-refractivity contribution in [3.63, 3.8) is 0 Å². The van der Waals surface area contributed by atoms with Gasteiger partial charge in [-0.2, -0.15) is 0 Å². The molecule has 0 aliphatic carbocycles. The summed E-state index contributed by atoms with van der Waals surface area (Å²) in [5.74, 6) is -1.97. The molecule has 15 heteroatoms. The second-order valence-corrected chi connectivity index (χ2v) is 9.90. The maximum absolute atomic E-state index is 13.3. The maximum atomic E-state index is 13.3. The summed E-state index contributed by atoms with van der Waals surface area (Å²) in [6.45, 7) is -1.53. The van der Waals surface area contributed by atoms with Gasteiger partial charge in [0.05, 0.1) is 13.2 Å². The van der Waals surface area contributed by atoms with Crippen LogP contribution in [0.1, 0.15) is 0 Å². The van der Waals surface area contributed by atoms with E-state index in [4.69, 9.17) is 23.4 Å². The van der Waals surface area contributed by atoms with Crippen molar-refractivity contribution in [2.75, 3.05) is 13.2 Å². The van der Waals surface area contributed by atoms with E-state index in [1.165, 1.54) is 0 Å². The Kier molecular flexibility index (Phi) is 8.68. The Balaban J connectivity index is 1.62. The third kappa shape index (κ3) is 5.43. The minimum Gasteiger partial charge on any atom is -0.502 e. The lowest BCUT2D eigenvalue weighted by Gasteiger charge is -2.40. The molecule has 2 aromatic carbocycles. The minimum absolute atomic E-state index is 0.108. The van der Waals surface area contributed by atoms with Crippen LogP contribution in [0.5, 0.6) is 17.2 Å². The van der Waals surface area contributed by atoms with Gasteiger partial charge in [-0.3, -0.25) is 4.79 Å². The number of phenolic OH excluding ortho intramolecular Hbond substituents is 1. The Morgan fingerprint density at radius 1 is 0.714 bits per heavy atom. The van der Waals surface area contributed by atoms with Crippen LogP contribution in [0.25, 0.3) is 22.3 Å². The smallest absolute Gasteiger partial charge is 0.229 e. The van der Waals surface area contributed by atoms with Crippen molar-refractivity contribution in [2.45, 2.75) is 61.4 Å². The first-order valence-electron chi connectivity index (χ1n) is 12.9. The molecule has 0 saturated carbocycles. The third-order valence-corrected chi connectivity index (χ3v) is 7.14. The number of hydrogen-bond acceptors (Lipinski definition) is 15. The Morgan fingerprint density at radius 3 is 1.81 bits per heavy atom. The van der Waals surface area contributed by atoms with Gasteiger partial charge in [-0.15, -0.1) is 0 Å². The van der Waals surface area contributed by atoms with E-state index in [1.54, 1.807) is 30.3 Å². The van der Waals surface area contributed by atoms with Crippen molar-refractivity contribution in [3.05, 3.63) is 52.7 Å². The molecule has 0 bridgehead atoms. The summed E-state index contributed by atoms with van der Waals surface area (Å²) in [7, 11) is 0.